The third-order valence-electron chi connectivity index (χ3n) is 3.20. The summed E-state index contributed by atoms with van der Waals surface area (Å²) in [4.78, 5) is 0. The second kappa shape index (κ2) is 7.24. The smallest absolute Gasteiger partial charge is 0.196 e. The van der Waals surface area contributed by atoms with Crippen molar-refractivity contribution in [3.05, 3.63) is 72.1 Å². The normalized spacial score (nSPS) is 10.8. The van der Waals surface area contributed by atoms with E-state index >= 15 is 0 Å². The van der Waals surface area contributed by atoms with Gasteiger partial charge in [0.05, 0.1) is 0 Å². The van der Waals surface area contributed by atoms with Gasteiger partial charge >= 0.3 is 0 Å². The van der Waals surface area contributed by atoms with Crippen molar-refractivity contribution in [2.75, 3.05) is 7.11 Å². The summed E-state index contributed by atoms with van der Waals surface area (Å²) >= 11 is 1.68. The highest BCUT2D eigenvalue weighted by Gasteiger charge is 2.14. The summed E-state index contributed by atoms with van der Waals surface area (Å²) in [6.07, 6.45) is 0. The van der Waals surface area contributed by atoms with E-state index in [1.807, 2.05) is 36.4 Å². The lowest BCUT2D eigenvalue weighted by molar-refractivity contribution is 0.176. The fourth-order valence-electron chi connectivity index (χ4n) is 2.17. The standard InChI is InChI=1S/C17H17N3OS/c1-21-12-16-18-19-17(20(16)15-10-6-3-7-11-15)22-13-14-8-4-2-5-9-14/h2-11H,12-13H2,1H3. The number of aromatic nitrogens is 3. The summed E-state index contributed by atoms with van der Waals surface area (Å²) in [6.45, 7) is 0.438. The molecule has 0 aliphatic heterocycles. The molecule has 0 unspecified atom stereocenters. The number of methoxy groups -OCH3 is 1. The second-order valence-electron chi connectivity index (χ2n) is 4.78. The van der Waals surface area contributed by atoms with Gasteiger partial charge in [-0.3, -0.25) is 4.57 Å². The van der Waals surface area contributed by atoms with Crippen LogP contribution in [0.4, 0.5) is 0 Å². The minimum absolute atomic E-state index is 0.438. The minimum atomic E-state index is 0.438. The highest BCUT2D eigenvalue weighted by molar-refractivity contribution is 7.98. The van der Waals surface area contributed by atoms with Crippen LogP contribution in [0.1, 0.15) is 11.4 Å². The Morgan fingerprint density at radius 1 is 0.955 bits per heavy atom. The topological polar surface area (TPSA) is 39.9 Å². The van der Waals surface area contributed by atoms with Crippen molar-refractivity contribution in [3.8, 4) is 5.69 Å². The average molecular weight is 311 g/mol. The molecule has 2 aromatic carbocycles. The molecule has 0 spiro atoms. The highest BCUT2D eigenvalue weighted by Crippen LogP contribution is 2.25. The zero-order chi connectivity index (χ0) is 15.2. The quantitative estimate of drug-likeness (QED) is 0.651. The highest BCUT2D eigenvalue weighted by atomic mass is 32.2. The van der Waals surface area contributed by atoms with Crippen LogP contribution in [0.5, 0.6) is 0 Å². The Balaban J connectivity index is 1.88. The van der Waals surface area contributed by atoms with Crippen LogP contribution in [0.3, 0.4) is 0 Å². The van der Waals surface area contributed by atoms with Crippen molar-refractivity contribution in [3.63, 3.8) is 0 Å². The predicted octanol–water partition coefficient (Wildman–Crippen LogP) is 3.71. The van der Waals surface area contributed by atoms with Crippen molar-refractivity contribution < 1.29 is 4.74 Å². The molecule has 4 nitrogen and oxygen atoms in total. The predicted molar refractivity (Wildman–Crippen MR) is 88.1 cm³/mol. The van der Waals surface area contributed by atoms with Crippen LogP contribution in [-0.2, 0) is 17.1 Å². The molecule has 0 aliphatic rings. The van der Waals surface area contributed by atoms with E-state index in [-0.39, 0.29) is 0 Å². The molecule has 0 N–H and O–H groups in total. The molecule has 0 saturated heterocycles. The lowest BCUT2D eigenvalue weighted by Gasteiger charge is -2.09. The van der Waals surface area contributed by atoms with Crippen LogP contribution in [0.2, 0.25) is 0 Å². The molecule has 0 aliphatic carbocycles. The Kier molecular flexibility index (Phi) is 4.88. The molecule has 1 aromatic heterocycles. The van der Waals surface area contributed by atoms with Gasteiger partial charge in [0.2, 0.25) is 0 Å². The maximum Gasteiger partial charge on any atom is 0.196 e. The van der Waals surface area contributed by atoms with Gasteiger partial charge in [-0.25, -0.2) is 0 Å². The summed E-state index contributed by atoms with van der Waals surface area (Å²) in [7, 11) is 1.67. The maximum absolute atomic E-state index is 5.23. The fraction of sp³-hybridized carbons (Fsp3) is 0.176. The van der Waals surface area contributed by atoms with E-state index in [2.05, 4.69) is 39.0 Å². The lowest BCUT2D eigenvalue weighted by Crippen LogP contribution is -2.03. The molecule has 112 valence electrons. The van der Waals surface area contributed by atoms with Crippen LogP contribution in [-0.4, -0.2) is 21.9 Å². The lowest BCUT2D eigenvalue weighted by atomic mass is 10.2. The molecule has 22 heavy (non-hydrogen) atoms. The van der Waals surface area contributed by atoms with Crippen LogP contribution >= 0.6 is 11.8 Å². The zero-order valence-electron chi connectivity index (χ0n) is 12.3. The molecule has 0 atom stereocenters. The van der Waals surface area contributed by atoms with Crippen LogP contribution in [0.25, 0.3) is 5.69 Å². The first-order valence-corrected chi connectivity index (χ1v) is 8.02. The molecular formula is C17H17N3OS. The van der Waals surface area contributed by atoms with Gasteiger partial charge in [0.25, 0.3) is 0 Å². The number of hydrogen-bond acceptors (Lipinski definition) is 4. The van der Waals surface area contributed by atoms with Crippen LogP contribution < -0.4 is 0 Å². The molecule has 3 rings (SSSR count). The van der Waals surface area contributed by atoms with Gasteiger partial charge in [-0.05, 0) is 17.7 Å². The number of thioether (sulfide) groups is 1. The van der Waals surface area contributed by atoms with Crippen LogP contribution in [0, 0.1) is 0 Å². The Hall–Kier alpha value is -2.11. The summed E-state index contributed by atoms with van der Waals surface area (Å²) in [5.41, 5.74) is 2.32. The van der Waals surface area contributed by atoms with E-state index in [1.165, 1.54) is 5.56 Å². The van der Waals surface area contributed by atoms with E-state index in [9.17, 15) is 0 Å². The summed E-state index contributed by atoms with van der Waals surface area (Å²) in [5.74, 6) is 1.67. The second-order valence-corrected chi connectivity index (χ2v) is 5.72. The molecule has 0 fully saturated rings. The third kappa shape index (κ3) is 3.37. The monoisotopic (exact) mass is 311 g/mol. The van der Waals surface area contributed by atoms with Gasteiger partial charge in [0.15, 0.2) is 11.0 Å². The number of rotatable bonds is 6. The first-order valence-electron chi connectivity index (χ1n) is 7.04. The van der Waals surface area contributed by atoms with E-state index in [1.54, 1.807) is 18.9 Å². The summed E-state index contributed by atoms with van der Waals surface area (Å²) < 4.78 is 7.29. The maximum atomic E-state index is 5.23. The Labute approximate surface area is 134 Å². The van der Waals surface area contributed by atoms with E-state index in [0.717, 1.165) is 22.4 Å². The van der Waals surface area contributed by atoms with E-state index < -0.39 is 0 Å². The van der Waals surface area contributed by atoms with Gasteiger partial charge in [0.1, 0.15) is 6.61 Å². The molecule has 0 amide bonds. The van der Waals surface area contributed by atoms with Gasteiger partial charge in [-0.15, -0.1) is 10.2 Å². The van der Waals surface area contributed by atoms with Crippen molar-refractivity contribution in [2.24, 2.45) is 0 Å². The first kappa shape index (κ1) is 14.8. The molecule has 0 radical (unpaired) electrons. The van der Waals surface area contributed by atoms with E-state index in [4.69, 9.17) is 4.74 Å². The van der Waals surface area contributed by atoms with Gasteiger partial charge in [0, 0.05) is 18.6 Å². The fourth-order valence-corrected chi connectivity index (χ4v) is 3.10. The average Bonchev–Trinajstić information content (AvgIpc) is 2.98. The van der Waals surface area contributed by atoms with E-state index in [0.29, 0.717) is 6.61 Å². The number of ether oxygens (including phenoxy) is 1. The van der Waals surface area contributed by atoms with Gasteiger partial charge in [-0.1, -0.05) is 60.3 Å². The SMILES string of the molecule is COCc1nnc(SCc2ccccc2)n1-c1ccccc1. The zero-order valence-corrected chi connectivity index (χ0v) is 13.2. The Bertz CT molecular complexity index is 713. The summed E-state index contributed by atoms with van der Waals surface area (Å²) in [6, 6.07) is 20.5. The molecule has 1 heterocycles. The molecule has 0 bridgehead atoms. The number of nitrogens with zero attached hydrogens (tertiary/aromatic N) is 3. The summed E-state index contributed by atoms with van der Waals surface area (Å²) in [5, 5.41) is 9.46. The van der Waals surface area contributed by atoms with Crippen LogP contribution in [0.15, 0.2) is 65.8 Å². The largest absolute Gasteiger partial charge is 0.377 e. The number of benzene rings is 2. The van der Waals surface area contributed by atoms with Gasteiger partial charge < -0.3 is 4.74 Å². The number of para-hydroxylation sites is 1. The van der Waals surface area contributed by atoms with Crippen molar-refractivity contribution in [1.82, 2.24) is 14.8 Å². The molecule has 5 heteroatoms. The molecule has 3 aromatic rings. The Morgan fingerprint density at radius 3 is 2.32 bits per heavy atom. The minimum Gasteiger partial charge on any atom is -0.377 e. The third-order valence-corrected chi connectivity index (χ3v) is 4.20. The molecular weight excluding hydrogens is 294 g/mol. The van der Waals surface area contributed by atoms with Crippen molar-refractivity contribution >= 4 is 11.8 Å². The Morgan fingerprint density at radius 2 is 1.64 bits per heavy atom. The molecule has 0 saturated carbocycles. The number of hydrogen-bond donors (Lipinski definition) is 0. The van der Waals surface area contributed by atoms with Crippen molar-refractivity contribution in [2.45, 2.75) is 17.5 Å². The van der Waals surface area contributed by atoms with Gasteiger partial charge in [-0.2, -0.15) is 0 Å². The van der Waals surface area contributed by atoms with Crippen molar-refractivity contribution in [1.29, 1.82) is 0 Å². The first-order chi connectivity index (χ1) is 10.9.